The number of halogens is 1. The van der Waals surface area contributed by atoms with Gasteiger partial charge in [-0.1, -0.05) is 35.9 Å². The van der Waals surface area contributed by atoms with Crippen molar-refractivity contribution in [3.05, 3.63) is 58.1 Å². The molecule has 0 amide bonds. The molecule has 1 atom stereocenters. The van der Waals surface area contributed by atoms with Crippen molar-refractivity contribution in [3.63, 3.8) is 0 Å². The highest BCUT2D eigenvalue weighted by Crippen LogP contribution is 2.46. The molecular weight excluding hydrogens is 320 g/mol. The van der Waals surface area contributed by atoms with Gasteiger partial charge in [-0.2, -0.15) is 0 Å². The Morgan fingerprint density at radius 3 is 2.42 bits per heavy atom. The first-order valence-corrected chi connectivity index (χ1v) is 8.45. The molecule has 0 spiro atoms. The summed E-state index contributed by atoms with van der Waals surface area (Å²) in [5, 5.41) is 1.80. The summed E-state index contributed by atoms with van der Waals surface area (Å²) >= 11 is 6.36. The summed E-state index contributed by atoms with van der Waals surface area (Å²) in [4.78, 5) is 15.2. The molecule has 2 heterocycles. The first-order valence-electron chi connectivity index (χ1n) is 8.07. The van der Waals surface area contributed by atoms with Gasteiger partial charge in [0.2, 0.25) is 0 Å². The van der Waals surface area contributed by atoms with Crippen LogP contribution in [0.4, 0.5) is 0 Å². The van der Waals surface area contributed by atoms with E-state index in [1.165, 1.54) is 5.56 Å². The van der Waals surface area contributed by atoms with Crippen LogP contribution in [0.15, 0.2) is 36.4 Å². The molecule has 3 nitrogen and oxygen atoms in total. The van der Waals surface area contributed by atoms with E-state index in [-0.39, 0.29) is 11.9 Å². The summed E-state index contributed by atoms with van der Waals surface area (Å²) in [7, 11) is 4.12. The normalized spacial score (nSPS) is 14.3. The minimum atomic E-state index is 0.0353. The summed E-state index contributed by atoms with van der Waals surface area (Å²) in [5.41, 5.74) is 5.86. The maximum atomic E-state index is 13.1. The van der Waals surface area contributed by atoms with Crippen LogP contribution in [0.2, 0.25) is 5.02 Å². The number of rotatable bonds is 2. The van der Waals surface area contributed by atoms with Gasteiger partial charge in [0.1, 0.15) is 0 Å². The van der Waals surface area contributed by atoms with Gasteiger partial charge in [0.05, 0.1) is 11.2 Å². The molecule has 1 aliphatic rings. The molecule has 0 aliphatic carbocycles. The molecule has 4 heteroatoms. The van der Waals surface area contributed by atoms with Gasteiger partial charge in [0.25, 0.3) is 5.91 Å². The number of carbonyl (C=O) groups is 1. The molecule has 0 saturated heterocycles. The minimum absolute atomic E-state index is 0.0353. The predicted molar refractivity (Wildman–Crippen MR) is 99.0 cm³/mol. The Morgan fingerprint density at radius 2 is 1.75 bits per heavy atom. The molecule has 0 saturated carbocycles. The Bertz CT molecular complexity index is 1000. The van der Waals surface area contributed by atoms with Crippen molar-refractivity contribution in [3.8, 4) is 11.3 Å². The largest absolute Gasteiger partial charge is 0.303 e. The van der Waals surface area contributed by atoms with Crippen LogP contribution in [0, 0.1) is 6.92 Å². The Hall–Kier alpha value is -2.10. The minimum Gasteiger partial charge on any atom is -0.303 e. The van der Waals surface area contributed by atoms with E-state index in [9.17, 15) is 4.79 Å². The van der Waals surface area contributed by atoms with E-state index < -0.39 is 0 Å². The van der Waals surface area contributed by atoms with Crippen LogP contribution in [0.25, 0.3) is 22.2 Å². The van der Waals surface area contributed by atoms with Gasteiger partial charge in [-0.3, -0.25) is 9.36 Å². The van der Waals surface area contributed by atoms with Crippen molar-refractivity contribution in [2.24, 2.45) is 0 Å². The number of benzene rings is 2. The second-order valence-electron chi connectivity index (χ2n) is 6.66. The maximum Gasteiger partial charge on any atom is 0.263 e. The Balaban J connectivity index is 2.21. The van der Waals surface area contributed by atoms with Crippen LogP contribution in [0.1, 0.15) is 34.5 Å². The summed E-state index contributed by atoms with van der Waals surface area (Å²) in [5.74, 6) is 0.0353. The highest BCUT2D eigenvalue weighted by atomic mass is 35.5. The third-order valence-electron chi connectivity index (χ3n) is 5.17. The van der Waals surface area contributed by atoms with Gasteiger partial charge >= 0.3 is 0 Å². The molecule has 1 aliphatic heterocycles. The molecule has 0 fully saturated rings. The summed E-state index contributed by atoms with van der Waals surface area (Å²) in [6, 6.07) is 12.0. The topological polar surface area (TPSA) is 25.2 Å². The quantitative estimate of drug-likeness (QED) is 0.519. The lowest BCUT2D eigenvalue weighted by Gasteiger charge is -2.21. The molecule has 0 radical (unpaired) electrons. The van der Waals surface area contributed by atoms with Crippen LogP contribution >= 0.6 is 11.6 Å². The van der Waals surface area contributed by atoms with Crippen molar-refractivity contribution in [2.75, 3.05) is 14.1 Å². The zero-order chi connectivity index (χ0) is 17.2. The molecule has 1 aromatic heterocycles. The molecule has 4 rings (SSSR count). The van der Waals surface area contributed by atoms with Crippen molar-refractivity contribution in [2.45, 2.75) is 19.9 Å². The lowest BCUT2D eigenvalue weighted by Crippen LogP contribution is -2.17. The van der Waals surface area contributed by atoms with Crippen molar-refractivity contribution in [1.82, 2.24) is 9.47 Å². The monoisotopic (exact) mass is 338 g/mol. The van der Waals surface area contributed by atoms with E-state index >= 15 is 0 Å². The average Bonchev–Trinajstić information content (AvgIpc) is 3.05. The van der Waals surface area contributed by atoms with Crippen LogP contribution in [0.5, 0.6) is 0 Å². The molecule has 122 valence electrons. The van der Waals surface area contributed by atoms with Crippen LogP contribution in [-0.4, -0.2) is 29.5 Å². The second kappa shape index (κ2) is 5.20. The van der Waals surface area contributed by atoms with E-state index in [2.05, 4.69) is 25.9 Å². The van der Waals surface area contributed by atoms with E-state index in [0.717, 1.165) is 33.3 Å². The fraction of sp³-hybridized carbons (Fsp3) is 0.250. The number of aryl methyl sites for hydroxylation is 1. The lowest BCUT2D eigenvalue weighted by atomic mass is 9.97. The summed E-state index contributed by atoms with van der Waals surface area (Å²) < 4.78 is 1.86. The number of hydrogen-bond acceptors (Lipinski definition) is 2. The number of carbonyl (C=O) groups excluding carboxylic acids is 1. The number of hydrogen-bond donors (Lipinski definition) is 0. The highest BCUT2D eigenvalue weighted by Gasteiger charge is 2.34. The second-order valence-corrected chi connectivity index (χ2v) is 7.06. The Labute approximate surface area is 146 Å². The number of nitrogens with zero attached hydrogens (tertiary/aromatic N) is 2. The van der Waals surface area contributed by atoms with Gasteiger partial charge in [-0.05, 0) is 45.6 Å². The molecule has 3 aromatic rings. The average molecular weight is 339 g/mol. The van der Waals surface area contributed by atoms with Gasteiger partial charge < -0.3 is 4.90 Å². The molecular formula is C20H19ClN2O. The smallest absolute Gasteiger partial charge is 0.263 e. The van der Waals surface area contributed by atoms with Crippen molar-refractivity contribution >= 4 is 28.4 Å². The van der Waals surface area contributed by atoms with Crippen molar-refractivity contribution < 1.29 is 4.79 Å². The first-order chi connectivity index (χ1) is 11.4. The molecule has 24 heavy (non-hydrogen) atoms. The van der Waals surface area contributed by atoms with Gasteiger partial charge in [0.15, 0.2) is 0 Å². The summed E-state index contributed by atoms with van der Waals surface area (Å²) in [6.07, 6.45) is 0. The Morgan fingerprint density at radius 1 is 1.08 bits per heavy atom. The Kier molecular flexibility index (Phi) is 3.34. The fourth-order valence-electron chi connectivity index (χ4n) is 3.69. The fourth-order valence-corrected chi connectivity index (χ4v) is 3.84. The van der Waals surface area contributed by atoms with Crippen molar-refractivity contribution in [1.29, 1.82) is 0 Å². The zero-order valence-corrected chi connectivity index (χ0v) is 15.0. The first kappa shape index (κ1) is 15.4. The van der Waals surface area contributed by atoms with Crippen LogP contribution in [-0.2, 0) is 0 Å². The third-order valence-corrected chi connectivity index (χ3v) is 5.57. The van der Waals surface area contributed by atoms with Crippen LogP contribution < -0.4 is 0 Å². The zero-order valence-electron chi connectivity index (χ0n) is 14.2. The molecule has 0 N–H and O–H groups in total. The summed E-state index contributed by atoms with van der Waals surface area (Å²) in [6.45, 7) is 4.16. The van der Waals surface area contributed by atoms with E-state index in [1.54, 1.807) is 0 Å². The van der Waals surface area contributed by atoms with Gasteiger partial charge in [-0.15, -0.1) is 0 Å². The van der Waals surface area contributed by atoms with E-state index in [1.807, 2.05) is 47.9 Å². The third kappa shape index (κ3) is 1.86. The predicted octanol–water partition coefficient (Wildman–Crippen LogP) is 4.89. The highest BCUT2D eigenvalue weighted by molar-refractivity contribution is 6.32. The lowest BCUT2D eigenvalue weighted by molar-refractivity contribution is 0.0973. The standard InChI is InChI=1S/C20H19ClN2O/c1-11-16(21)10-9-15-17(12(2)22(3)4)19-13-7-5-6-8-14(13)20(24)23(19)18(11)15/h5-10,12H,1-4H3. The number of fused-ring (bicyclic) bond motifs is 5. The van der Waals surface area contributed by atoms with Crippen LogP contribution in [0.3, 0.4) is 0 Å². The van der Waals surface area contributed by atoms with Gasteiger partial charge in [-0.25, -0.2) is 0 Å². The molecule has 1 unspecified atom stereocenters. The maximum absolute atomic E-state index is 13.1. The number of aromatic nitrogens is 1. The van der Waals surface area contributed by atoms with Gasteiger partial charge in [0, 0.05) is 33.1 Å². The van der Waals surface area contributed by atoms with E-state index in [4.69, 9.17) is 11.6 Å². The SMILES string of the molecule is Cc1c(Cl)ccc2c(C(C)N(C)C)c3n(c12)C(=O)c1ccccc1-3. The molecule has 2 aromatic carbocycles. The van der Waals surface area contributed by atoms with E-state index in [0.29, 0.717) is 5.02 Å². The molecule has 0 bridgehead atoms.